The lowest BCUT2D eigenvalue weighted by atomic mass is 10.1. The fourth-order valence-corrected chi connectivity index (χ4v) is 2.08. The van der Waals surface area contributed by atoms with Crippen LogP contribution in [0.5, 0.6) is 11.5 Å². The van der Waals surface area contributed by atoms with E-state index in [0.717, 1.165) is 29.7 Å². The molecule has 0 saturated heterocycles. The van der Waals surface area contributed by atoms with Gasteiger partial charge in [-0.2, -0.15) is 0 Å². The van der Waals surface area contributed by atoms with Crippen LogP contribution < -0.4 is 4.74 Å². The van der Waals surface area contributed by atoms with Crippen molar-refractivity contribution in [2.24, 2.45) is 0 Å². The molecule has 0 fully saturated rings. The van der Waals surface area contributed by atoms with Crippen molar-refractivity contribution in [3.8, 4) is 22.6 Å². The van der Waals surface area contributed by atoms with Crippen LogP contribution in [-0.4, -0.2) is 11.2 Å². The number of hydrogen-bond donors (Lipinski definition) is 1. The Balaban J connectivity index is 2.08. The zero-order valence-corrected chi connectivity index (χ0v) is 11.5. The summed E-state index contributed by atoms with van der Waals surface area (Å²) >= 11 is 0. The van der Waals surface area contributed by atoms with Gasteiger partial charge < -0.3 is 9.84 Å². The molecule has 0 aliphatic carbocycles. The first-order valence-electron chi connectivity index (χ1n) is 6.75. The summed E-state index contributed by atoms with van der Waals surface area (Å²) in [4.78, 5) is 0. The Morgan fingerprint density at radius 2 is 1.47 bits per heavy atom. The first-order valence-corrected chi connectivity index (χ1v) is 6.75. The third-order valence-electron chi connectivity index (χ3n) is 3.09. The lowest BCUT2D eigenvalue weighted by Crippen LogP contribution is -2.10. The van der Waals surface area contributed by atoms with E-state index in [4.69, 9.17) is 4.74 Å². The number of rotatable bonds is 5. The predicted molar refractivity (Wildman–Crippen MR) is 78.5 cm³/mol. The highest BCUT2D eigenvalue weighted by atomic mass is 16.5. The smallest absolute Gasteiger partial charge is 0.119 e. The van der Waals surface area contributed by atoms with Crippen molar-refractivity contribution in [2.75, 3.05) is 0 Å². The van der Waals surface area contributed by atoms with Crippen LogP contribution in [-0.2, 0) is 0 Å². The second-order valence-electron chi connectivity index (χ2n) is 4.79. The van der Waals surface area contributed by atoms with Crippen LogP contribution in [0.2, 0.25) is 0 Å². The summed E-state index contributed by atoms with van der Waals surface area (Å²) < 4.78 is 5.82. The zero-order chi connectivity index (χ0) is 13.7. The highest BCUT2D eigenvalue weighted by Gasteiger charge is 2.03. The average Bonchev–Trinajstić information content (AvgIpc) is 2.41. The number of aromatic hydroxyl groups is 1. The fourth-order valence-electron chi connectivity index (χ4n) is 2.08. The van der Waals surface area contributed by atoms with Crippen molar-refractivity contribution < 1.29 is 9.84 Å². The standard InChI is InChI=1S/C17H20O2/c1-3-4-13(2)19-17-11-7-15(8-12-17)14-5-9-16(18)10-6-14/h5-13,18H,3-4H2,1-2H3/t13-/m0/s1. The van der Waals surface area contributed by atoms with Crippen LogP contribution >= 0.6 is 0 Å². The molecule has 0 spiro atoms. The summed E-state index contributed by atoms with van der Waals surface area (Å²) in [5.41, 5.74) is 2.21. The lowest BCUT2D eigenvalue weighted by Gasteiger charge is -2.14. The van der Waals surface area contributed by atoms with Crippen LogP contribution in [0.1, 0.15) is 26.7 Å². The number of phenolic OH excluding ortho intramolecular Hbond substituents is 1. The molecule has 0 radical (unpaired) electrons. The van der Waals surface area contributed by atoms with Crippen molar-refractivity contribution in [1.29, 1.82) is 0 Å². The Kier molecular flexibility index (Phi) is 4.45. The molecule has 0 aliphatic heterocycles. The summed E-state index contributed by atoms with van der Waals surface area (Å²) in [5, 5.41) is 9.28. The van der Waals surface area contributed by atoms with E-state index in [2.05, 4.69) is 13.8 Å². The monoisotopic (exact) mass is 256 g/mol. The number of phenols is 1. The maximum absolute atomic E-state index is 9.28. The number of hydrogen-bond acceptors (Lipinski definition) is 2. The normalized spacial score (nSPS) is 12.1. The van der Waals surface area contributed by atoms with Gasteiger partial charge in [0.1, 0.15) is 11.5 Å². The minimum Gasteiger partial charge on any atom is -0.508 e. The van der Waals surface area contributed by atoms with Crippen molar-refractivity contribution >= 4 is 0 Å². The van der Waals surface area contributed by atoms with Gasteiger partial charge >= 0.3 is 0 Å². The maximum atomic E-state index is 9.28. The van der Waals surface area contributed by atoms with Crippen LogP contribution in [0.15, 0.2) is 48.5 Å². The molecule has 0 amide bonds. The molecular weight excluding hydrogens is 236 g/mol. The molecule has 0 unspecified atom stereocenters. The molecule has 1 atom stereocenters. The fraction of sp³-hybridized carbons (Fsp3) is 0.294. The molecule has 0 aliphatic rings. The van der Waals surface area contributed by atoms with E-state index in [0.29, 0.717) is 0 Å². The average molecular weight is 256 g/mol. The number of benzene rings is 2. The van der Waals surface area contributed by atoms with Crippen LogP contribution in [0, 0.1) is 0 Å². The van der Waals surface area contributed by atoms with Gasteiger partial charge in [0.2, 0.25) is 0 Å². The molecule has 0 bridgehead atoms. The summed E-state index contributed by atoms with van der Waals surface area (Å²) in [7, 11) is 0. The van der Waals surface area contributed by atoms with Gasteiger partial charge in [0.25, 0.3) is 0 Å². The van der Waals surface area contributed by atoms with Gasteiger partial charge in [-0.3, -0.25) is 0 Å². The molecule has 1 N–H and O–H groups in total. The molecule has 0 saturated carbocycles. The van der Waals surface area contributed by atoms with E-state index < -0.39 is 0 Å². The summed E-state index contributed by atoms with van der Waals surface area (Å²) in [6.07, 6.45) is 2.46. The minimum atomic E-state index is 0.254. The van der Waals surface area contributed by atoms with E-state index in [-0.39, 0.29) is 11.9 Å². The summed E-state index contributed by atoms with van der Waals surface area (Å²) in [6, 6.07) is 15.3. The van der Waals surface area contributed by atoms with Crippen molar-refractivity contribution in [1.82, 2.24) is 0 Å². The first-order chi connectivity index (χ1) is 9.19. The van der Waals surface area contributed by atoms with Gasteiger partial charge in [-0.1, -0.05) is 37.6 Å². The first kappa shape index (κ1) is 13.5. The SMILES string of the molecule is CCC[C@H](C)Oc1ccc(-c2ccc(O)cc2)cc1. The number of ether oxygens (including phenoxy) is 1. The lowest BCUT2D eigenvalue weighted by molar-refractivity contribution is 0.210. The third kappa shape index (κ3) is 3.75. The molecule has 2 aromatic rings. The largest absolute Gasteiger partial charge is 0.508 e. The Morgan fingerprint density at radius 1 is 0.947 bits per heavy atom. The van der Waals surface area contributed by atoms with Crippen LogP contribution in [0.25, 0.3) is 11.1 Å². The van der Waals surface area contributed by atoms with E-state index in [1.54, 1.807) is 12.1 Å². The second-order valence-corrected chi connectivity index (χ2v) is 4.79. The topological polar surface area (TPSA) is 29.5 Å². The van der Waals surface area contributed by atoms with Gasteiger partial charge in [-0.15, -0.1) is 0 Å². The molecule has 100 valence electrons. The minimum absolute atomic E-state index is 0.254. The summed E-state index contributed by atoms with van der Waals surface area (Å²) in [6.45, 7) is 4.26. The maximum Gasteiger partial charge on any atom is 0.119 e. The van der Waals surface area contributed by atoms with E-state index >= 15 is 0 Å². The highest BCUT2D eigenvalue weighted by molar-refractivity contribution is 5.64. The Labute approximate surface area is 114 Å². The molecule has 2 aromatic carbocycles. The van der Waals surface area contributed by atoms with Gasteiger partial charge in [0.05, 0.1) is 6.10 Å². The van der Waals surface area contributed by atoms with Crippen LogP contribution in [0.3, 0.4) is 0 Å². The molecule has 19 heavy (non-hydrogen) atoms. The molecule has 0 aromatic heterocycles. The third-order valence-corrected chi connectivity index (χ3v) is 3.09. The molecule has 2 rings (SSSR count). The Bertz CT molecular complexity index is 500. The van der Waals surface area contributed by atoms with E-state index in [1.807, 2.05) is 36.4 Å². The van der Waals surface area contributed by atoms with E-state index in [1.165, 1.54) is 0 Å². The highest BCUT2D eigenvalue weighted by Crippen LogP contribution is 2.24. The second kappa shape index (κ2) is 6.28. The van der Waals surface area contributed by atoms with Gasteiger partial charge in [0.15, 0.2) is 0 Å². The van der Waals surface area contributed by atoms with Crippen molar-refractivity contribution in [3.63, 3.8) is 0 Å². The Morgan fingerprint density at radius 3 is 2.00 bits per heavy atom. The van der Waals surface area contributed by atoms with Gasteiger partial charge in [-0.05, 0) is 48.7 Å². The molecule has 2 heteroatoms. The van der Waals surface area contributed by atoms with Crippen molar-refractivity contribution in [2.45, 2.75) is 32.8 Å². The predicted octanol–water partition coefficient (Wildman–Crippen LogP) is 4.63. The molecule has 0 heterocycles. The molecular formula is C17H20O2. The van der Waals surface area contributed by atoms with Crippen LogP contribution in [0.4, 0.5) is 0 Å². The van der Waals surface area contributed by atoms with Crippen molar-refractivity contribution in [3.05, 3.63) is 48.5 Å². The van der Waals surface area contributed by atoms with Gasteiger partial charge in [0, 0.05) is 0 Å². The summed E-state index contributed by atoms with van der Waals surface area (Å²) in [5.74, 6) is 1.19. The van der Waals surface area contributed by atoms with E-state index in [9.17, 15) is 5.11 Å². The zero-order valence-electron chi connectivity index (χ0n) is 11.5. The molecule has 2 nitrogen and oxygen atoms in total. The Hall–Kier alpha value is -1.96. The quantitative estimate of drug-likeness (QED) is 0.845. The van der Waals surface area contributed by atoms with Gasteiger partial charge in [-0.25, -0.2) is 0 Å².